The summed E-state index contributed by atoms with van der Waals surface area (Å²) >= 11 is 6.22. The normalized spacial score (nSPS) is 16.2. The third kappa shape index (κ3) is 2.80. The van der Waals surface area contributed by atoms with Gasteiger partial charge in [0.2, 0.25) is 6.29 Å². The zero-order valence-electron chi connectivity index (χ0n) is 12.9. The van der Waals surface area contributed by atoms with Crippen LogP contribution in [0.1, 0.15) is 24.0 Å². The summed E-state index contributed by atoms with van der Waals surface area (Å²) in [6, 6.07) is 2.01. The van der Waals surface area contributed by atoms with E-state index in [1.54, 1.807) is 0 Å². The van der Waals surface area contributed by atoms with Crippen LogP contribution in [-0.2, 0) is 26.4 Å². The minimum Gasteiger partial charge on any atom is -0.347 e. The Morgan fingerprint density at radius 1 is 1.42 bits per heavy atom. The topological polar surface area (TPSA) is 112 Å². The Morgan fingerprint density at radius 3 is 2.62 bits per heavy atom. The summed E-state index contributed by atoms with van der Waals surface area (Å²) in [5, 5.41) is 17.3. The minimum atomic E-state index is -3.59. The zero-order chi connectivity index (χ0) is 17.5. The number of nitrogens with zero attached hydrogens (tertiary/aromatic N) is 5. The van der Waals surface area contributed by atoms with Gasteiger partial charge >= 0.3 is 0 Å². The van der Waals surface area contributed by atoms with Crippen molar-refractivity contribution in [3.8, 4) is 11.9 Å². The van der Waals surface area contributed by atoms with Gasteiger partial charge < -0.3 is 9.47 Å². The van der Waals surface area contributed by atoms with E-state index in [4.69, 9.17) is 21.1 Å². The van der Waals surface area contributed by atoms with Crippen LogP contribution in [0.25, 0.3) is 5.82 Å². The van der Waals surface area contributed by atoms with E-state index in [0.29, 0.717) is 18.9 Å². The fraction of sp³-hybridized carbons (Fsp3) is 0.462. The first-order valence-corrected chi connectivity index (χ1v) is 9.25. The summed E-state index contributed by atoms with van der Waals surface area (Å²) in [5.74, 6) is 0.0915. The summed E-state index contributed by atoms with van der Waals surface area (Å²) in [5.41, 5.74) is 0.571. The number of nitriles is 1. The second-order valence-electron chi connectivity index (χ2n) is 5.23. The highest BCUT2D eigenvalue weighted by Gasteiger charge is 2.30. The molecule has 0 bridgehead atoms. The van der Waals surface area contributed by atoms with Crippen LogP contribution in [0.4, 0.5) is 0 Å². The van der Waals surface area contributed by atoms with Crippen molar-refractivity contribution in [2.75, 3.05) is 19.5 Å². The maximum absolute atomic E-state index is 11.9. The standard InChI is InChI=1S/C13H14ClN5O4S/c1-18-12(24(2,20)21)9(14)11(17-18)19-10(8(6-15)7-16-19)13-22-4-3-5-23-13/h7,13H,3-5H2,1-2H3. The molecule has 0 N–H and O–H groups in total. The first kappa shape index (κ1) is 16.9. The molecule has 0 aliphatic carbocycles. The highest BCUT2D eigenvalue weighted by Crippen LogP contribution is 2.32. The maximum Gasteiger partial charge on any atom is 0.202 e. The number of halogens is 1. The van der Waals surface area contributed by atoms with Crippen LogP contribution in [0.15, 0.2) is 11.2 Å². The monoisotopic (exact) mass is 371 g/mol. The number of aryl methyl sites for hydroxylation is 1. The van der Waals surface area contributed by atoms with Gasteiger partial charge in [0.15, 0.2) is 20.7 Å². The molecule has 0 unspecified atom stereocenters. The van der Waals surface area contributed by atoms with Gasteiger partial charge in [-0.3, -0.25) is 4.68 Å². The summed E-state index contributed by atoms with van der Waals surface area (Å²) in [6.07, 6.45) is 2.32. The van der Waals surface area contributed by atoms with Gasteiger partial charge in [0.25, 0.3) is 0 Å². The van der Waals surface area contributed by atoms with Gasteiger partial charge in [-0.15, -0.1) is 0 Å². The van der Waals surface area contributed by atoms with Crippen LogP contribution in [0.2, 0.25) is 5.02 Å². The van der Waals surface area contributed by atoms with Gasteiger partial charge in [-0.2, -0.15) is 15.5 Å². The molecule has 0 amide bonds. The smallest absolute Gasteiger partial charge is 0.202 e. The molecular weight excluding hydrogens is 358 g/mol. The van der Waals surface area contributed by atoms with Crippen LogP contribution in [-0.4, -0.2) is 47.4 Å². The molecule has 1 aliphatic rings. The Bertz CT molecular complexity index is 921. The Kier molecular flexibility index (Phi) is 4.35. The molecule has 0 aromatic carbocycles. The molecule has 2 aromatic rings. The van der Waals surface area contributed by atoms with E-state index < -0.39 is 16.1 Å². The van der Waals surface area contributed by atoms with Crippen molar-refractivity contribution in [1.29, 1.82) is 5.26 Å². The van der Waals surface area contributed by atoms with Gasteiger partial charge in [0.05, 0.1) is 25.0 Å². The minimum absolute atomic E-state index is 0.0790. The number of aromatic nitrogens is 4. The van der Waals surface area contributed by atoms with Crippen LogP contribution in [0.3, 0.4) is 0 Å². The highest BCUT2D eigenvalue weighted by atomic mass is 35.5. The lowest BCUT2D eigenvalue weighted by atomic mass is 10.2. The first-order chi connectivity index (χ1) is 11.3. The van der Waals surface area contributed by atoms with Crippen LogP contribution in [0.5, 0.6) is 0 Å². The number of ether oxygens (including phenoxy) is 2. The van der Waals surface area contributed by atoms with Crippen molar-refractivity contribution in [1.82, 2.24) is 19.6 Å². The molecule has 24 heavy (non-hydrogen) atoms. The molecule has 0 atom stereocenters. The lowest BCUT2D eigenvalue weighted by molar-refractivity contribution is -0.186. The summed E-state index contributed by atoms with van der Waals surface area (Å²) in [7, 11) is -2.12. The third-order valence-electron chi connectivity index (χ3n) is 3.45. The summed E-state index contributed by atoms with van der Waals surface area (Å²) in [4.78, 5) is 0. The molecule has 128 valence electrons. The fourth-order valence-corrected chi connectivity index (χ4v) is 4.09. The second kappa shape index (κ2) is 6.18. The van der Waals surface area contributed by atoms with E-state index in [-0.39, 0.29) is 21.4 Å². The van der Waals surface area contributed by atoms with E-state index in [2.05, 4.69) is 10.2 Å². The number of rotatable bonds is 3. The lowest BCUT2D eigenvalue weighted by Crippen LogP contribution is -2.21. The number of hydrogen-bond acceptors (Lipinski definition) is 7. The molecule has 3 heterocycles. The molecule has 0 saturated carbocycles. The largest absolute Gasteiger partial charge is 0.347 e. The van der Waals surface area contributed by atoms with E-state index in [0.717, 1.165) is 17.4 Å². The summed E-state index contributed by atoms with van der Waals surface area (Å²) < 4.78 is 37.3. The van der Waals surface area contributed by atoms with Gasteiger partial charge in [-0.25, -0.2) is 13.1 Å². The van der Waals surface area contributed by atoms with Gasteiger partial charge in [0, 0.05) is 13.3 Å². The van der Waals surface area contributed by atoms with Crippen LogP contribution >= 0.6 is 11.6 Å². The van der Waals surface area contributed by atoms with Gasteiger partial charge in [-0.05, 0) is 6.42 Å². The fourth-order valence-electron chi connectivity index (χ4n) is 2.49. The molecule has 0 radical (unpaired) electrons. The average molecular weight is 372 g/mol. The summed E-state index contributed by atoms with van der Waals surface area (Å²) in [6.45, 7) is 0.955. The second-order valence-corrected chi connectivity index (χ2v) is 7.54. The molecule has 1 saturated heterocycles. The highest BCUT2D eigenvalue weighted by molar-refractivity contribution is 7.90. The van der Waals surface area contributed by atoms with Crippen molar-refractivity contribution in [2.24, 2.45) is 7.05 Å². The van der Waals surface area contributed by atoms with Crippen LogP contribution in [0, 0.1) is 11.3 Å². The first-order valence-electron chi connectivity index (χ1n) is 6.98. The lowest BCUT2D eigenvalue weighted by Gasteiger charge is -2.23. The Hall–Kier alpha value is -1.93. The predicted molar refractivity (Wildman–Crippen MR) is 82.4 cm³/mol. The van der Waals surface area contributed by atoms with E-state index in [9.17, 15) is 13.7 Å². The predicted octanol–water partition coefficient (Wildman–Crippen LogP) is 0.970. The van der Waals surface area contributed by atoms with Crippen molar-refractivity contribution in [3.63, 3.8) is 0 Å². The molecule has 9 nitrogen and oxygen atoms in total. The molecular formula is C13H14ClN5O4S. The Balaban J connectivity index is 2.18. The van der Waals surface area contributed by atoms with Gasteiger partial charge in [-0.1, -0.05) is 11.6 Å². The maximum atomic E-state index is 11.9. The molecule has 3 rings (SSSR count). The molecule has 1 fully saturated rings. The zero-order valence-corrected chi connectivity index (χ0v) is 14.5. The molecule has 0 spiro atoms. The third-order valence-corrected chi connectivity index (χ3v) is 5.08. The number of sulfone groups is 1. The average Bonchev–Trinajstić information content (AvgIpc) is 3.07. The van der Waals surface area contributed by atoms with E-state index >= 15 is 0 Å². The van der Waals surface area contributed by atoms with Crippen molar-refractivity contribution >= 4 is 21.4 Å². The van der Waals surface area contributed by atoms with E-state index in [1.165, 1.54) is 17.9 Å². The molecule has 11 heteroatoms. The number of hydrogen-bond donors (Lipinski definition) is 0. The SMILES string of the molecule is Cn1nc(-n2ncc(C#N)c2C2OCCCO2)c(Cl)c1S(C)(=O)=O. The van der Waals surface area contributed by atoms with Crippen molar-refractivity contribution < 1.29 is 17.9 Å². The Morgan fingerprint density at radius 2 is 2.08 bits per heavy atom. The quantitative estimate of drug-likeness (QED) is 0.789. The Labute approximate surface area is 143 Å². The molecule has 1 aliphatic heterocycles. The molecule has 2 aromatic heterocycles. The van der Waals surface area contributed by atoms with Gasteiger partial charge in [0.1, 0.15) is 16.8 Å². The van der Waals surface area contributed by atoms with Crippen LogP contribution < -0.4 is 0 Å². The van der Waals surface area contributed by atoms with Crippen molar-refractivity contribution in [2.45, 2.75) is 17.7 Å². The van der Waals surface area contributed by atoms with E-state index in [1.807, 2.05) is 6.07 Å². The van der Waals surface area contributed by atoms with Crippen molar-refractivity contribution in [3.05, 3.63) is 22.5 Å².